The monoisotopic (exact) mass is 103 g/mol. The molecule has 6 heavy (non-hydrogen) atoms. The molecule has 0 rings (SSSR count). The van der Waals surface area contributed by atoms with E-state index in [1.807, 2.05) is 6.92 Å². The average Bonchev–Trinajstić information content (AvgIpc) is 1.35. The van der Waals surface area contributed by atoms with Crippen LogP contribution in [0.15, 0.2) is 0 Å². The lowest BCUT2D eigenvalue weighted by atomic mass is 10.9. The van der Waals surface area contributed by atoms with Gasteiger partial charge in [-0.2, -0.15) is 0 Å². The highest BCUT2D eigenvalue weighted by molar-refractivity contribution is 6.11. The van der Waals surface area contributed by atoms with Crippen molar-refractivity contribution in [3.8, 4) is 0 Å². The Morgan fingerprint density at radius 2 is 2.50 bits per heavy atom. The molecule has 0 aliphatic carbocycles. The van der Waals surface area contributed by atoms with Crippen LogP contribution in [0, 0.1) is 0 Å². The molecule has 0 aromatic rings. The predicted octanol–water partition coefficient (Wildman–Crippen LogP) is -1.22. The van der Waals surface area contributed by atoms with Gasteiger partial charge in [-0.3, -0.25) is 0 Å². The van der Waals surface area contributed by atoms with Crippen LogP contribution in [0.25, 0.3) is 0 Å². The third kappa shape index (κ3) is 3.69. The molecule has 1 atom stereocenters. The molecular weight excluding hydrogens is 96.1 g/mol. The van der Waals surface area contributed by atoms with E-state index >= 15 is 0 Å². The first kappa shape index (κ1) is 5.69. The van der Waals surface area contributed by atoms with Crippen LogP contribution in [0.3, 0.4) is 0 Å². The second kappa shape index (κ2) is 2.90. The van der Waals surface area contributed by atoms with Gasteiger partial charge in [0.25, 0.3) is 0 Å². The zero-order valence-corrected chi connectivity index (χ0v) is 5.89. The maximum absolute atomic E-state index is 9.29. The van der Waals surface area contributed by atoms with Crippen LogP contribution in [0.1, 0.15) is 6.92 Å². The Balaban J connectivity index is 2.81. The summed E-state index contributed by atoms with van der Waals surface area (Å²) in [5.41, 5.74) is 0.113. The van der Waals surface area contributed by atoms with E-state index in [1.54, 1.807) is 0 Å². The van der Waals surface area contributed by atoms with E-state index in [4.69, 9.17) is 0 Å². The Labute approximate surface area is 39.9 Å². The number of hydrogen-bond acceptors (Lipinski definition) is 2. The van der Waals surface area contributed by atoms with Gasteiger partial charge in [-0.1, -0.05) is 0 Å². The van der Waals surface area contributed by atoms with Gasteiger partial charge < -0.3 is 4.74 Å². The molecule has 0 aliphatic rings. The Hall–Kier alpha value is -0.313. The van der Waals surface area contributed by atoms with E-state index < -0.39 is 0 Å². The quantitative estimate of drug-likeness (QED) is 0.410. The third-order valence-electron chi connectivity index (χ3n) is 0.284. The van der Waals surface area contributed by atoms with Crippen LogP contribution in [-0.4, -0.2) is 22.4 Å². The summed E-state index contributed by atoms with van der Waals surface area (Å²) in [6, 6.07) is 0. The molecule has 0 saturated carbocycles. The van der Waals surface area contributed by atoms with Crippen molar-refractivity contribution in [3.05, 3.63) is 0 Å². The topological polar surface area (TPSA) is 26.3 Å². The fourth-order valence-corrected chi connectivity index (χ4v) is 0.192. The minimum Gasteiger partial charge on any atom is -0.459 e. The SMILES string of the molecule is CC([SiH3])O[C]=O. The molecule has 0 heterocycles. The van der Waals surface area contributed by atoms with Crippen molar-refractivity contribution in [2.45, 2.75) is 12.7 Å². The van der Waals surface area contributed by atoms with Crippen LogP contribution < -0.4 is 0 Å². The van der Waals surface area contributed by atoms with Crippen molar-refractivity contribution in [1.29, 1.82) is 0 Å². The largest absolute Gasteiger partial charge is 0.459 e. The molecule has 0 amide bonds. The summed E-state index contributed by atoms with van der Waals surface area (Å²) in [7, 11) is 0.894. The molecule has 0 saturated heterocycles. The Bertz CT molecular complexity index is 44.1. The molecule has 0 fully saturated rings. The Kier molecular flexibility index (Phi) is 2.75. The Morgan fingerprint density at radius 3 is 2.50 bits per heavy atom. The summed E-state index contributed by atoms with van der Waals surface area (Å²) in [6.07, 6.45) is 0. The minimum atomic E-state index is 0.113. The lowest BCUT2D eigenvalue weighted by Gasteiger charge is -1.94. The van der Waals surface area contributed by atoms with Crippen molar-refractivity contribution in [2.24, 2.45) is 0 Å². The standard InChI is InChI=1S/C3H7O2Si/c1-3(6)5-2-4/h3H,1,6H3. The van der Waals surface area contributed by atoms with Gasteiger partial charge in [0.05, 0.1) is 16.0 Å². The molecule has 1 radical (unpaired) electrons. The second-order valence-electron chi connectivity index (χ2n) is 1.25. The lowest BCUT2D eigenvalue weighted by molar-refractivity contribution is 0.263. The molecule has 1 unspecified atom stereocenters. The number of rotatable bonds is 2. The highest BCUT2D eigenvalue weighted by atomic mass is 28.1. The first-order valence-electron chi connectivity index (χ1n) is 1.80. The van der Waals surface area contributed by atoms with Gasteiger partial charge in [-0.05, 0) is 6.92 Å². The van der Waals surface area contributed by atoms with Gasteiger partial charge in [0.2, 0.25) is 0 Å². The number of hydrogen-bond donors (Lipinski definition) is 0. The van der Waals surface area contributed by atoms with Crippen LogP contribution in [-0.2, 0) is 9.53 Å². The van der Waals surface area contributed by atoms with E-state index in [0.29, 0.717) is 0 Å². The molecule has 0 bridgehead atoms. The molecule has 0 N–H and O–H groups in total. The van der Waals surface area contributed by atoms with Crippen LogP contribution in [0.5, 0.6) is 0 Å². The van der Waals surface area contributed by atoms with Crippen molar-refractivity contribution < 1.29 is 9.53 Å². The molecule has 0 aliphatic heterocycles. The van der Waals surface area contributed by atoms with Crippen molar-refractivity contribution in [3.63, 3.8) is 0 Å². The van der Waals surface area contributed by atoms with E-state index in [1.165, 1.54) is 6.47 Å². The molecule has 3 heteroatoms. The highest BCUT2D eigenvalue weighted by Gasteiger charge is 1.85. The maximum atomic E-state index is 9.29. The van der Waals surface area contributed by atoms with Gasteiger partial charge >= 0.3 is 6.47 Å². The van der Waals surface area contributed by atoms with Gasteiger partial charge in [0, 0.05) is 0 Å². The summed E-state index contributed by atoms with van der Waals surface area (Å²) < 4.78 is 4.30. The van der Waals surface area contributed by atoms with Crippen molar-refractivity contribution >= 4 is 16.7 Å². The molecule has 35 valence electrons. The first-order valence-corrected chi connectivity index (χ1v) is 2.95. The number of ether oxygens (including phenoxy) is 1. The van der Waals surface area contributed by atoms with Gasteiger partial charge in [0.15, 0.2) is 0 Å². The zero-order chi connectivity index (χ0) is 4.99. The summed E-state index contributed by atoms with van der Waals surface area (Å²) in [5, 5.41) is 0. The van der Waals surface area contributed by atoms with Crippen molar-refractivity contribution in [2.75, 3.05) is 0 Å². The molecule has 0 aromatic heterocycles. The third-order valence-corrected chi connectivity index (χ3v) is 0.520. The lowest BCUT2D eigenvalue weighted by Crippen LogP contribution is -2.04. The second-order valence-corrected chi connectivity index (χ2v) is 2.88. The highest BCUT2D eigenvalue weighted by Crippen LogP contribution is 1.73. The van der Waals surface area contributed by atoms with E-state index in [0.717, 1.165) is 10.2 Å². The van der Waals surface area contributed by atoms with Crippen molar-refractivity contribution in [1.82, 2.24) is 0 Å². The van der Waals surface area contributed by atoms with E-state index in [-0.39, 0.29) is 5.73 Å². The minimum absolute atomic E-state index is 0.113. The summed E-state index contributed by atoms with van der Waals surface area (Å²) >= 11 is 0. The van der Waals surface area contributed by atoms with E-state index in [9.17, 15) is 4.79 Å². The smallest absolute Gasteiger partial charge is 0.417 e. The van der Waals surface area contributed by atoms with Gasteiger partial charge in [-0.15, -0.1) is 0 Å². The fraction of sp³-hybridized carbons (Fsp3) is 0.667. The number of carbonyl (C=O) groups excluding carboxylic acids is 1. The molecule has 0 spiro atoms. The van der Waals surface area contributed by atoms with Gasteiger partial charge in [-0.25, -0.2) is 4.79 Å². The predicted molar refractivity (Wildman–Crippen MR) is 26.2 cm³/mol. The Morgan fingerprint density at radius 1 is 2.00 bits per heavy atom. The van der Waals surface area contributed by atoms with Crippen LogP contribution >= 0.6 is 0 Å². The molecule has 0 aromatic carbocycles. The van der Waals surface area contributed by atoms with Crippen LogP contribution in [0.4, 0.5) is 0 Å². The molecular formula is C3H7O2Si. The average molecular weight is 103 g/mol. The normalized spacial score (nSPS) is 13.5. The van der Waals surface area contributed by atoms with Crippen LogP contribution in [0.2, 0.25) is 0 Å². The van der Waals surface area contributed by atoms with Gasteiger partial charge in [0.1, 0.15) is 0 Å². The maximum Gasteiger partial charge on any atom is 0.417 e. The summed E-state index contributed by atoms with van der Waals surface area (Å²) in [6.45, 7) is 3.18. The van der Waals surface area contributed by atoms with E-state index in [2.05, 4.69) is 4.74 Å². The fourth-order valence-electron chi connectivity index (χ4n) is 0.0962. The molecule has 2 nitrogen and oxygen atoms in total. The zero-order valence-electron chi connectivity index (χ0n) is 3.89. The summed E-state index contributed by atoms with van der Waals surface area (Å²) in [4.78, 5) is 9.29. The first-order chi connectivity index (χ1) is 2.77. The summed E-state index contributed by atoms with van der Waals surface area (Å²) in [5.74, 6) is 0.